The number of alkyl halides is 3. The molecule has 0 amide bonds. The Morgan fingerprint density at radius 1 is 1.33 bits per heavy atom. The van der Waals surface area contributed by atoms with Crippen LogP contribution in [0.25, 0.3) is 0 Å². The van der Waals surface area contributed by atoms with Gasteiger partial charge in [-0.15, -0.1) is 0 Å². The number of hydrogen-bond donors (Lipinski definition) is 1. The highest BCUT2D eigenvalue weighted by Crippen LogP contribution is 2.33. The van der Waals surface area contributed by atoms with Gasteiger partial charge < -0.3 is 15.0 Å². The number of anilines is 2. The van der Waals surface area contributed by atoms with Crippen molar-refractivity contribution >= 4 is 11.6 Å². The molecule has 0 aromatic carbocycles. The summed E-state index contributed by atoms with van der Waals surface area (Å²) in [4.78, 5) is 6.06. The van der Waals surface area contributed by atoms with Gasteiger partial charge in [-0.2, -0.15) is 13.2 Å². The summed E-state index contributed by atoms with van der Waals surface area (Å²) in [6.45, 7) is 7.05. The smallest absolute Gasteiger partial charge is 0.383 e. The van der Waals surface area contributed by atoms with Crippen molar-refractivity contribution in [1.29, 1.82) is 0 Å². The molecule has 0 aliphatic carbocycles. The van der Waals surface area contributed by atoms with Crippen molar-refractivity contribution in [2.24, 2.45) is 0 Å². The van der Waals surface area contributed by atoms with E-state index < -0.39 is 11.7 Å². The van der Waals surface area contributed by atoms with E-state index in [0.717, 1.165) is 12.1 Å². The third-order valence-corrected chi connectivity index (χ3v) is 3.07. The number of ether oxygens (including phenoxy) is 1. The van der Waals surface area contributed by atoms with Gasteiger partial charge >= 0.3 is 6.18 Å². The van der Waals surface area contributed by atoms with E-state index in [4.69, 9.17) is 4.74 Å². The van der Waals surface area contributed by atoms with Crippen LogP contribution in [-0.2, 0) is 10.9 Å². The fraction of sp³-hybridized carbons (Fsp3) is 0.643. The molecule has 1 rings (SSSR count). The Bertz CT molecular complexity index is 452. The second kappa shape index (κ2) is 7.49. The first-order valence-electron chi connectivity index (χ1n) is 6.92. The summed E-state index contributed by atoms with van der Waals surface area (Å²) < 4.78 is 44.1. The number of aromatic nitrogens is 1. The van der Waals surface area contributed by atoms with E-state index in [0.29, 0.717) is 25.5 Å². The van der Waals surface area contributed by atoms with E-state index in [-0.39, 0.29) is 11.9 Å². The van der Waals surface area contributed by atoms with E-state index in [1.54, 1.807) is 12.0 Å². The Balaban J connectivity index is 3.22. The number of likely N-dealkylation sites (N-methyl/N-ethyl adjacent to an activating group) is 1. The molecule has 21 heavy (non-hydrogen) atoms. The number of nitrogens with zero attached hydrogens (tertiary/aromatic N) is 2. The summed E-state index contributed by atoms with van der Waals surface area (Å²) >= 11 is 0. The standard InChI is InChI=1S/C14H22F3N3O/c1-5-18-12-7-11(14(15,16)17)8-13(19-12)20(6-2)10(3)9-21-4/h7-8,10H,5-6,9H2,1-4H3,(H,18,19). The lowest BCUT2D eigenvalue weighted by atomic mass is 10.2. The van der Waals surface area contributed by atoms with Crippen LogP contribution >= 0.6 is 0 Å². The topological polar surface area (TPSA) is 37.4 Å². The Kier molecular flexibility index (Phi) is 6.26. The maximum Gasteiger partial charge on any atom is 0.416 e. The number of methoxy groups -OCH3 is 1. The maximum atomic E-state index is 13.0. The molecule has 0 spiro atoms. The number of pyridine rings is 1. The Morgan fingerprint density at radius 2 is 2.00 bits per heavy atom. The molecule has 7 heteroatoms. The van der Waals surface area contributed by atoms with Crippen molar-refractivity contribution in [2.45, 2.75) is 33.0 Å². The highest BCUT2D eigenvalue weighted by atomic mass is 19.4. The third kappa shape index (κ3) is 4.77. The normalized spacial score (nSPS) is 13.1. The van der Waals surface area contributed by atoms with Crippen LogP contribution in [0.1, 0.15) is 26.3 Å². The van der Waals surface area contributed by atoms with Gasteiger partial charge in [-0.3, -0.25) is 0 Å². The first-order valence-corrected chi connectivity index (χ1v) is 6.92. The van der Waals surface area contributed by atoms with Gasteiger partial charge in [0.2, 0.25) is 0 Å². The van der Waals surface area contributed by atoms with Gasteiger partial charge in [0.25, 0.3) is 0 Å². The molecule has 120 valence electrons. The van der Waals surface area contributed by atoms with Gasteiger partial charge in [-0.25, -0.2) is 4.98 Å². The first kappa shape index (κ1) is 17.6. The van der Waals surface area contributed by atoms with Gasteiger partial charge in [-0.05, 0) is 32.9 Å². The summed E-state index contributed by atoms with van der Waals surface area (Å²) in [5.41, 5.74) is -0.702. The molecular formula is C14H22F3N3O. The SMILES string of the molecule is CCNc1cc(C(F)(F)F)cc(N(CC)C(C)COC)n1. The molecule has 0 radical (unpaired) electrons. The summed E-state index contributed by atoms with van der Waals surface area (Å²) in [5, 5.41) is 2.84. The van der Waals surface area contributed by atoms with E-state index in [2.05, 4.69) is 10.3 Å². The molecule has 1 N–H and O–H groups in total. The first-order chi connectivity index (χ1) is 9.83. The molecular weight excluding hydrogens is 283 g/mol. The fourth-order valence-electron chi connectivity index (χ4n) is 2.13. The van der Waals surface area contributed by atoms with Crippen LogP contribution in [-0.4, -0.2) is 37.8 Å². The van der Waals surface area contributed by atoms with E-state index in [9.17, 15) is 13.2 Å². The van der Waals surface area contributed by atoms with Crippen molar-refractivity contribution in [3.05, 3.63) is 17.7 Å². The second-order valence-corrected chi connectivity index (χ2v) is 4.72. The molecule has 1 unspecified atom stereocenters. The fourth-order valence-corrected chi connectivity index (χ4v) is 2.13. The average Bonchev–Trinajstić information content (AvgIpc) is 2.39. The van der Waals surface area contributed by atoms with Crippen molar-refractivity contribution in [2.75, 3.05) is 37.0 Å². The molecule has 0 saturated carbocycles. The minimum absolute atomic E-state index is 0.0644. The lowest BCUT2D eigenvalue weighted by Crippen LogP contribution is -2.37. The lowest BCUT2D eigenvalue weighted by Gasteiger charge is -2.29. The van der Waals surface area contributed by atoms with Crippen LogP contribution in [0.4, 0.5) is 24.8 Å². The van der Waals surface area contributed by atoms with Gasteiger partial charge in [0.1, 0.15) is 11.6 Å². The number of nitrogens with one attached hydrogen (secondary N) is 1. The van der Waals surface area contributed by atoms with E-state index in [1.165, 1.54) is 0 Å². The highest BCUT2D eigenvalue weighted by molar-refractivity contribution is 5.51. The lowest BCUT2D eigenvalue weighted by molar-refractivity contribution is -0.137. The predicted molar refractivity (Wildman–Crippen MR) is 77.8 cm³/mol. The minimum Gasteiger partial charge on any atom is -0.383 e. The van der Waals surface area contributed by atoms with Crippen molar-refractivity contribution in [3.8, 4) is 0 Å². The van der Waals surface area contributed by atoms with Gasteiger partial charge in [0.15, 0.2) is 0 Å². The Morgan fingerprint density at radius 3 is 2.48 bits per heavy atom. The largest absolute Gasteiger partial charge is 0.416 e. The van der Waals surface area contributed by atoms with Crippen LogP contribution in [0.15, 0.2) is 12.1 Å². The van der Waals surface area contributed by atoms with Crippen molar-refractivity contribution in [3.63, 3.8) is 0 Å². The Hall–Kier alpha value is -1.50. The maximum absolute atomic E-state index is 13.0. The van der Waals surface area contributed by atoms with E-state index >= 15 is 0 Å². The molecule has 4 nitrogen and oxygen atoms in total. The molecule has 1 heterocycles. The third-order valence-electron chi connectivity index (χ3n) is 3.07. The average molecular weight is 305 g/mol. The zero-order chi connectivity index (χ0) is 16.0. The number of hydrogen-bond acceptors (Lipinski definition) is 4. The molecule has 0 aliphatic rings. The van der Waals surface area contributed by atoms with Crippen LogP contribution in [0.3, 0.4) is 0 Å². The summed E-state index contributed by atoms with van der Waals surface area (Å²) in [5.74, 6) is 0.526. The van der Waals surface area contributed by atoms with Crippen molar-refractivity contribution < 1.29 is 17.9 Å². The zero-order valence-electron chi connectivity index (χ0n) is 12.8. The molecule has 0 fully saturated rings. The molecule has 0 saturated heterocycles. The van der Waals surface area contributed by atoms with Crippen LogP contribution in [0.5, 0.6) is 0 Å². The quantitative estimate of drug-likeness (QED) is 0.838. The van der Waals surface area contributed by atoms with Gasteiger partial charge in [-0.1, -0.05) is 0 Å². The summed E-state index contributed by atoms with van der Waals surface area (Å²) in [7, 11) is 1.56. The predicted octanol–water partition coefficient (Wildman–Crippen LogP) is 3.39. The Labute approximate surface area is 123 Å². The molecule has 0 aliphatic heterocycles. The molecule has 1 atom stereocenters. The zero-order valence-corrected chi connectivity index (χ0v) is 12.8. The minimum atomic E-state index is -4.40. The second-order valence-electron chi connectivity index (χ2n) is 4.72. The highest BCUT2D eigenvalue weighted by Gasteiger charge is 2.32. The van der Waals surface area contributed by atoms with E-state index in [1.807, 2.05) is 20.8 Å². The van der Waals surface area contributed by atoms with Crippen LogP contribution in [0, 0.1) is 0 Å². The van der Waals surface area contributed by atoms with Gasteiger partial charge in [0.05, 0.1) is 18.2 Å². The molecule has 0 bridgehead atoms. The number of rotatable bonds is 7. The monoisotopic (exact) mass is 305 g/mol. The molecule has 1 aromatic rings. The van der Waals surface area contributed by atoms with Crippen molar-refractivity contribution in [1.82, 2.24) is 4.98 Å². The van der Waals surface area contributed by atoms with Crippen LogP contribution in [0.2, 0.25) is 0 Å². The summed E-state index contributed by atoms with van der Waals surface area (Å²) in [6.07, 6.45) is -4.40. The molecule has 1 aromatic heterocycles. The summed E-state index contributed by atoms with van der Waals surface area (Å²) in [6, 6.07) is 2.05. The van der Waals surface area contributed by atoms with Gasteiger partial charge in [0, 0.05) is 20.2 Å². The number of halogens is 3. The van der Waals surface area contributed by atoms with Crippen LogP contribution < -0.4 is 10.2 Å².